The fourth-order valence-electron chi connectivity index (χ4n) is 2.93. The molecule has 1 aromatic rings. The lowest BCUT2D eigenvalue weighted by molar-refractivity contribution is 0.0868. The summed E-state index contributed by atoms with van der Waals surface area (Å²) in [7, 11) is 0. The maximum absolute atomic E-state index is 13.2. The van der Waals surface area contributed by atoms with Crippen LogP contribution in [0.25, 0.3) is 0 Å². The van der Waals surface area contributed by atoms with Crippen molar-refractivity contribution in [1.82, 2.24) is 5.32 Å². The van der Waals surface area contributed by atoms with Gasteiger partial charge in [-0.25, -0.2) is 13.2 Å². The first-order valence-electron chi connectivity index (χ1n) is 6.90. The summed E-state index contributed by atoms with van der Waals surface area (Å²) in [5.74, 6) is -4.39. The average Bonchev–Trinajstić information content (AvgIpc) is 2.44. The number of hydrogen-bond acceptors (Lipinski definition) is 1. The van der Waals surface area contributed by atoms with Crippen molar-refractivity contribution in [2.75, 3.05) is 5.33 Å². The van der Waals surface area contributed by atoms with E-state index >= 15 is 0 Å². The first-order chi connectivity index (χ1) is 9.87. The predicted molar refractivity (Wildman–Crippen MR) is 77.9 cm³/mol. The van der Waals surface area contributed by atoms with Gasteiger partial charge in [-0.2, -0.15) is 0 Å². The number of alkyl halides is 1. The van der Waals surface area contributed by atoms with Gasteiger partial charge in [0.05, 0.1) is 5.54 Å². The Kier molecular flexibility index (Phi) is 4.96. The fraction of sp³-hybridized carbons (Fsp3) is 0.533. The lowest BCUT2D eigenvalue weighted by atomic mass is 9.77. The molecule has 0 aliphatic heterocycles. The van der Waals surface area contributed by atoms with Crippen LogP contribution in [0.2, 0.25) is 0 Å². The molecule has 0 heterocycles. The Morgan fingerprint density at radius 3 is 2.52 bits per heavy atom. The van der Waals surface area contributed by atoms with Gasteiger partial charge in [-0.15, -0.1) is 0 Å². The van der Waals surface area contributed by atoms with Crippen LogP contribution >= 0.6 is 15.9 Å². The molecule has 1 amide bonds. The predicted octanol–water partition coefficient (Wildman–Crippen LogP) is 4.18. The number of nitrogens with one attached hydrogen (secondary N) is 1. The molecular formula is C15H17BrF3NO. The Balaban J connectivity index is 2.20. The molecule has 1 N–H and O–H groups in total. The molecule has 2 rings (SSSR count). The van der Waals surface area contributed by atoms with Crippen LogP contribution in [0.15, 0.2) is 12.1 Å². The minimum absolute atomic E-state index is 0.204. The molecule has 6 heteroatoms. The van der Waals surface area contributed by atoms with Crippen molar-refractivity contribution in [1.29, 1.82) is 0 Å². The van der Waals surface area contributed by atoms with Crippen molar-refractivity contribution in [2.45, 2.75) is 38.1 Å². The highest BCUT2D eigenvalue weighted by atomic mass is 79.9. The lowest BCUT2D eigenvalue weighted by Crippen LogP contribution is -2.52. The fourth-order valence-corrected chi connectivity index (χ4v) is 3.58. The van der Waals surface area contributed by atoms with Gasteiger partial charge in [0.15, 0.2) is 17.5 Å². The van der Waals surface area contributed by atoms with Gasteiger partial charge in [0.1, 0.15) is 0 Å². The van der Waals surface area contributed by atoms with Gasteiger partial charge >= 0.3 is 0 Å². The molecule has 0 aromatic heterocycles. The van der Waals surface area contributed by atoms with Crippen LogP contribution in [-0.2, 0) is 0 Å². The second kappa shape index (κ2) is 6.38. The molecule has 0 radical (unpaired) electrons. The largest absolute Gasteiger partial charge is 0.346 e. The summed E-state index contributed by atoms with van der Waals surface area (Å²) in [6.45, 7) is 2.11. The van der Waals surface area contributed by atoms with Gasteiger partial charge in [0.2, 0.25) is 0 Å². The first-order valence-corrected chi connectivity index (χ1v) is 8.02. The Hall–Kier alpha value is -1.04. The molecule has 1 aromatic carbocycles. The molecule has 21 heavy (non-hydrogen) atoms. The lowest BCUT2D eigenvalue weighted by Gasteiger charge is -2.39. The third-order valence-electron chi connectivity index (χ3n) is 3.97. The molecule has 2 unspecified atom stereocenters. The van der Waals surface area contributed by atoms with E-state index in [1.54, 1.807) is 0 Å². The van der Waals surface area contributed by atoms with E-state index in [1.807, 2.05) is 0 Å². The van der Waals surface area contributed by atoms with E-state index in [9.17, 15) is 18.0 Å². The maximum atomic E-state index is 13.2. The third-order valence-corrected chi connectivity index (χ3v) is 5.05. The Labute approximate surface area is 130 Å². The number of amides is 1. The van der Waals surface area contributed by atoms with Crippen LogP contribution in [0.4, 0.5) is 13.2 Å². The zero-order valence-corrected chi connectivity index (χ0v) is 13.3. The molecule has 0 bridgehead atoms. The molecular weight excluding hydrogens is 347 g/mol. The molecule has 1 saturated carbocycles. The summed E-state index contributed by atoms with van der Waals surface area (Å²) in [6, 6.07) is 1.45. The van der Waals surface area contributed by atoms with Gasteiger partial charge in [0, 0.05) is 10.9 Å². The second-order valence-corrected chi connectivity index (χ2v) is 6.38. The maximum Gasteiger partial charge on any atom is 0.251 e. The van der Waals surface area contributed by atoms with Crippen molar-refractivity contribution >= 4 is 21.8 Å². The standard InChI is InChI=1S/C15H17BrF3NO/c1-9-3-2-4-15(7-9,8-16)20-14(21)10-5-11(17)13(19)12(18)6-10/h5-6,9H,2-4,7-8H2,1H3,(H,20,21). The molecule has 2 nitrogen and oxygen atoms in total. The number of halogens is 4. The zero-order valence-electron chi connectivity index (χ0n) is 11.7. The van der Waals surface area contributed by atoms with Gasteiger partial charge in [0.25, 0.3) is 5.91 Å². The van der Waals surface area contributed by atoms with Crippen molar-refractivity contribution in [3.8, 4) is 0 Å². The van der Waals surface area contributed by atoms with Crippen molar-refractivity contribution in [3.63, 3.8) is 0 Å². The number of hydrogen-bond donors (Lipinski definition) is 1. The summed E-state index contributed by atoms with van der Waals surface area (Å²) in [5, 5.41) is 3.43. The molecule has 1 aliphatic carbocycles. The van der Waals surface area contributed by atoms with E-state index in [0.717, 1.165) is 37.8 Å². The molecule has 1 aliphatic rings. The van der Waals surface area contributed by atoms with E-state index in [0.29, 0.717) is 11.2 Å². The SMILES string of the molecule is CC1CCCC(CBr)(NC(=O)c2cc(F)c(F)c(F)c2)C1. The van der Waals surface area contributed by atoms with Gasteiger partial charge in [-0.1, -0.05) is 35.7 Å². The highest BCUT2D eigenvalue weighted by Crippen LogP contribution is 2.34. The van der Waals surface area contributed by atoms with Crippen LogP contribution in [0.1, 0.15) is 43.0 Å². The number of carbonyl (C=O) groups is 1. The molecule has 0 saturated heterocycles. The summed E-state index contributed by atoms with van der Waals surface area (Å²) in [5.41, 5.74) is -0.624. The Bertz CT molecular complexity index is 529. The average molecular weight is 364 g/mol. The van der Waals surface area contributed by atoms with Crippen molar-refractivity contribution < 1.29 is 18.0 Å². The van der Waals surface area contributed by atoms with Gasteiger partial charge in [-0.3, -0.25) is 4.79 Å². The van der Waals surface area contributed by atoms with Gasteiger partial charge < -0.3 is 5.32 Å². The normalized spacial score (nSPS) is 25.7. The molecule has 1 fully saturated rings. The number of rotatable bonds is 3. The Morgan fingerprint density at radius 2 is 2.00 bits per heavy atom. The molecule has 2 atom stereocenters. The van der Waals surface area contributed by atoms with Gasteiger partial charge in [-0.05, 0) is 30.9 Å². The van der Waals surface area contributed by atoms with Crippen LogP contribution in [0.3, 0.4) is 0 Å². The smallest absolute Gasteiger partial charge is 0.251 e. The van der Waals surface area contributed by atoms with Crippen molar-refractivity contribution in [2.24, 2.45) is 5.92 Å². The topological polar surface area (TPSA) is 29.1 Å². The second-order valence-electron chi connectivity index (χ2n) is 5.82. The minimum Gasteiger partial charge on any atom is -0.346 e. The van der Waals surface area contributed by atoms with Crippen LogP contribution in [0.5, 0.6) is 0 Å². The summed E-state index contributed by atoms with van der Waals surface area (Å²) in [4.78, 5) is 12.2. The van der Waals surface area contributed by atoms with E-state index < -0.39 is 28.9 Å². The van der Waals surface area contributed by atoms with Crippen molar-refractivity contribution in [3.05, 3.63) is 35.1 Å². The van der Waals surface area contributed by atoms with E-state index in [1.165, 1.54) is 0 Å². The Morgan fingerprint density at radius 1 is 1.38 bits per heavy atom. The summed E-state index contributed by atoms with van der Waals surface area (Å²) >= 11 is 3.41. The highest BCUT2D eigenvalue weighted by molar-refractivity contribution is 9.09. The summed E-state index contributed by atoms with van der Waals surface area (Å²) < 4.78 is 39.4. The highest BCUT2D eigenvalue weighted by Gasteiger charge is 2.35. The van der Waals surface area contributed by atoms with E-state index in [-0.39, 0.29) is 5.56 Å². The number of benzene rings is 1. The van der Waals surface area contributed by atoms with Crippen LogP contribution in [-0.4, -0.2) is 16.8 Å². The quantitative estimate of drug-likeness (QED) is 0.633. The van der Waals surface area contributed by atoms with E-state index in [2.05, 4.69) is 28.2 Å². The minimum atomic E-state index is -1.56. The van der Waals surface area contributed by atoms with Crippen LogP contribution < -0.4 is 5.32 Å². The monoisotopic (exact) mass is 363 g/mol. The molecule has 0 spiro atoms. The zero-order chi connectivity index (χ0) is 15.6. The third kappa shape index (κ3) is 3.59. The summed E-state index contributed by atoms with van der Waals surface area (Å²) in [6.07, 6.45) is 3.69. The number of carbonyl (C=O) groups excluding carboxylic acids is 1. The van der Waals surface area contributed by atoms with E-state index in [4.69, 9.17) is 0 Å². The molecule has 116 valence electrons. The van der Waals surface area contributed by atoms with Crippen LogP contribution in [0, 0.1) is 23.4 Å². The first kappa shape index (κ1) is 16.3.